The largest absolute Gasteiger partial charge is 0.481 e. The maximum absolute atomic E-state index is 13.3. The van der Waals surface area contributed by atoms with E-state index in [1.807, 2.05) is 6.92 Å². The molecule has 7 nitrogen and oxygen atoms in total. The number of nitrogens with zero attached hydrogens (tertiary/aromatic N) is 1. The fourth-order valence-corrected chi connectivity index (χ4v) is 3.68. The van der Waals surface area contributed by atoms with Gasteiger partial charge in [-0.3, -0.25) is 14.4 Å². The Hall–Kier alpha value is -2.48. The first kappa shape index (κ1) is 26.6. The second-order valence-electron chi connectivity index (χ2n) is 7.82. The predicted molar refractivity (Wildman–Crippen MR) is 119 cm³/mol. The lowest BCUT2D eigenvalue weighted by Crippen LogP contribution is -2.45. The molecule has 174 valence electrons. The molecule has 2 amide bonds. The van der Waals surface area contributed by atoms with Gasteiger partial charge in [0.15, 0.2) is 0 Å². The van der Waals surface area contributed by atoms with E-state index in [1.54, 1.807) is 0 Å². The SMILES string of the molecule is C=C/C=C\C(=C\F)C(CC(=O)O)NC(=O)CN(CCC)C(=O)CCCC1CCNCC1. The monoisotopic (exact) mass is 437 g/mol. The Balaban J connectivity index is 2.65. The van der Waals surface area contributed by atoms with Crippen molar-refractivity contribution in [2.45, 2.75) is 57.9 Å². The van der Waals surface area contributed by atoms with Crippen LogP contribution in [0, 0.1) is 5.92 Å². The van der Waals surface area contributed by atoms with Gasteiger partial charge in [0.2, 0.25) is 11.8 Å². The molecule has 0 saturated carbocycles. The van der Waals surface area contributed by atoms with Crippen molar-refractivity contribution >= 4 is 17.8 Å². The van der Waals surface area contributed by atoms with Crippen LogP contribution in [0.1, 0.15) is 51.9 Å². The van der Waals surface area contributed by atoms with Crippen LogP contribution in [0.25, 0.3) is 0 Å². The summed E-state index contributed by atoms with van der Waals surface area (Å²) in [7, 11) is 0. The molecule has 1 heterocycles. The fourth-order valence-electron chi connectivity index (χ4n) is 3.68. The molecular weight excluding hydrogens is 401 g/mol. The molecule has 1 atom stereocenters. The van der Waals surface area contributed by atoms with Crippen molar-refractivity contribution in [2.75, 3.05) is 26.2 Å². The topological polar surface area (TPSA) is 98.7 Å². The maximum atomic E-state index is 13.3. The third-order valence-corrected chi connectivity index (χ3v) is 5.31. The van der Waals surface area contributed by atoms with Crippen LogP contribution >= 0.6 is 0 Å². The molecule has 0 aromatic heterocycles. The number of piperidine rings is 1. The van der Waals surface area contributed by atoms with Crippen molar-refractivity contribution in [3.8, 4) is 0 Å². The van der Waals surface area contributed by atoms with Crippen LogP contribution in [0.5, 0.6) is 0 Å². The van der Waals surface area contributed by atoms with Crippen molar-refractivity contribution in [3.63, 3.8) is 0 Å². The molecule has 1 aliphatic heterocycles. The number of carboxylic acid groups (broad SMARTS) is 1. The van der Waals surface area contributed by atoms with Gasteiger partial charge in [-0.2, -0.15) is 0 Å². The molecule has 1 fully saturated rings. The summed E-state index contributed by atoms with van der Waals surface area (Å²) in [6, 6.07) is -1.04. The van der Waals surface area contributed by atoms with Gasteiger partial charge in [-0.25, -0.2) is 4.39 Å². The van der Waals surface area contributed by atoms with Crippen molar-refractivity contribution < 1.29 is 23.9 Å². The Morgan fingerprint density at radius 1 is 1.32 bits per heavy atom. The van der Waals surface area contributed by atoms with E-state index < -0.39 is 24.3 Å². The zero-order valence-electron chi connectivity index (χ0n) is 18.4. The zero-order chi connectivity index (χ0) is 23.1. The molecule has 0 aromatic rings. The number of halogens is 1. The third-order valence-electron chi connectivity index (χ3n) is 5.31. The molecule has 1 unspecified atom stereocenters. The van der Waals surface area contributed by atoms with Crippen LogP contribution in [0.3, 0.4) is 0 Å². The van der Waals surface area contributed by atoms with Crippen LogP contribution in [0.4, 0.5) is 4.39 Å². The summed E-state index contributed by atoms with van der Waals surface area (Å²) in [5, 5.41) is 15.0. The summed E-state index contributed by atoms with van der Waals surface area (Å²) < 4.78 is 13.3. The second kappa shape index (κ2) is 15.3. The number of carboxylic acids is 1. The van der Waals surface area contributed by atoms with Gasteiger partial charge >= 0.3 is 5.97 Å². The number of amides is 2. The standard InChI is InChI=1S/C23H36FN3O4/c1-3-5-8-19(16-24)20(15-23(30)31)26-21(28)17-27(14-4-2)22(29)9-6-7-18-10-12-25-13-11-18/h3,5,8,16,18,20,25H,1,4,6-7,9-15,17H2,2H3,(H,26,28)(H,30,31)/b8-5-,19-16-. The van der Waals surface area contributed by atoms with E-state index in [0.717, 1.165) is 38.8 Å². The molecule has 0 aliphatic carbocycles. The summed E-state index contributed by atoms with van der Waals surface area (Å²) in [6.45, 7) is 7.72. The summed E-state index contributed by atoms with van der Waals surface area (Å²) in [4.78, 5) is 37.8. The molecule has 1 aliphatic rings. The van der Waals surface area contributed by atoms with E-state index >= 15 is 0 Å². The average Bonchev–Trinajstić information content (AvgIpc) is 2.74. The van der Waals surface area contributed by atoms with Gasteiger partial charge in [0, 0.05) is 18.5 Å². The first-order chi connectivity index (χ1) is 14.9. The van der Waals surface area contributed by atoms with Gasteiger partial charge in [-0.15, -0.1) is 0 Å². The number of rotatable bonds is 14. The molecule has 0 bridgehead atoms. The number of hydrogen-bond acceptors (Lipinski definition) is 4. The number of allylic oxidation sites excluding steroid dienone is 2. The van der Waals surface area contributed by atoms with Gasteiger partial charge in [0.05, 0.1) is 25.3 Å². The number of carbonyl (C=O) groups is 3. The highest BCUT2D eigenvalue weighted by Gasteiger charge is 2.22. The quantitative estimate of drug-likeness (QED) is 0.363. The molecule has 3 N–H and O–H groups in total. The van der Waals surface area contributed by atoms with Gasteiger partial charge in [-0.1, -0.05) is 31.7 Å². The van der Waals surface area contributed by atoms with Crippen molar-refractivity contribution in [1.29, 1.82) is 0 Å². The van der Waals surface area contributed by atoms with Gasteiger partial charge < -0.3 is 20.6 Å². The molecule has 0 radical (unpaired) electrons. The van der Waals surface area contributed by atoms with Gasteiger partial charge in [0.25, 0.3) is 0 Å². The van der Waals surface area contributed by atoms with Crippen LogP contribution < -0.4 is 10.6 Å². The number of hydrogen-bond donors (Lipinski definition) is 3. The lowest BCUT2D eigenvalue weighted by atomic mass is 9.92. The highest BCUT2D eigenvalue weighted by Crippen LogP contribution is 2.19. The molecule has 0 aromatic carbocycles. The van der Waals surface area contributed by atoms with Crippen molar-refractivity contribution in [2.24, 2.45) is 5.92 Å². The van der Waals surface area contributed by atoms with Crippen LogP contribution in [-0.4, -0.2) is 60.0 Å². The smallest absolute Gasteiger partial charge is 0.305 e. The Kier molecular flexibility index (Phi) is 13.1. The average molecular weight is 438 g/mol. The molecule has 1 saturated heterocycles. The molecule has 0 spiro atoms. The van der Waals surface area contributed by atoms with E-state index in [-0.39, 0.29) is 24.4 Å². The Morgan fingerprint density at radius 3 is 2.61 bits per heavy atom. The Bertz CT molecular complexity index is 657. The molecule has 8 heteroatoms. The first-order valence-electron chi connectivity index (χ1n) is 11.0. The highest BCUT2D eigenvalue weighted by molar-refractivity contribution is 5.85. The van der Waals surface area contributed by atoms with Crippen LogP contribution in [-0.2, 0) is 14.4 Å². The minimum absolute atomic E-state index is 0.0194. The number of aliphatic carboxylic acids is 1. The zero-order valence-corrected chi connectivity index (χ0v) is 18.4. The van der Waals surface area contributed by atoms with Gasteiger partial charge in [-0.05, 0) is 51.1 Å². The minimum Gasteiger partial charge on any atom is -0.481 e. The van der Waals surface area contributed by atoms with E-state index in [2.05, 4.69) is 17.2 Å². The fraction of sp³-hybridized carbons (Fsp3) is 0.609. The second-order valence-corrected chi connectivity index (χ2v) is 7.82. The summed E-state index contributed by atoms with van der Waals surface area (Å²) in [5.74, 6) is -1.13. The summed E-state index contributed by atoms with van der Waals surface area (Å²) in [6.07, 6.45) is 9.17. The van der Waals surface area contributed by atoms with E-state index in [9.17, 15) is 18.8 Å². The summed E-state index contributed by atoms with van der Waals surface area (Å²) >= 11 is 0. The predicted octanol–water partition coefficient (Wildman–Crippen LogP) is 2.95. The third kappa shape index (κ3) is 10.9. The minimum atomic E-state index is -1.17. The number of carbonyl (C=O) groups excluding carboxylic acids is 2. The molecule has 1 rings (SSSR count). The Labute approximate surface area is 184 Å². The van der Waals surface area contributed by atoms with Crippen molar-refractivity contribution in [3.05, 3.63) is 36.7 Å². The Morgan fingerprint density at radius 2 is 2.03 bits per heavy atom. The summed E-state index contributed by atoms with van der Waals surface area (Å²) in [5.41, 5.74) is 0.0194. The van der Waals surface area contributed by atoms with Crippen LogP contribution in [0.15, 0.2) is 36.7 Å². The maximum Gasteiger partial charge on any atom is 0.305 e. The van der Waals surface area contributed by atoms with Gasteiger partial charge in [0.1, 0.15) is 0 Å². The normalized spacial score (nSPS) is 16.1. The molecular formula is C23H36FN3O4. The van der Waals surface area contributed by atoms with E-state index in [0.29, 0.717) is 25.3 Å². The first-order valence-corrected chi connectivity index (χ1v) is 11.0. The van der Waals surface area contributed by atoms with Crippen molar-refractivity contribution in [1.82, 2.24) is 15.5 Å². The molecule has 31 heavy (non-hydrogen) atoms. The lowest BCUT2D eigenvalue weighted by Gasteiger charge is -2.25. The van der Waals surface area contributed by atoms with E-state index in [4.69, 9.17) is 5.11 Å². The highest BCUT2D eigenvalue weighted by atomic mass is 19.1. The lowest BCUT2D eigenvalue weighted by molar-refractivity contribution is -0.138. The van der Waals surface area contributed by atoms with E-state index in [1.165, 1.54) is 23.1 Å². The van der Waals surface area contributed by atoms with Crippen LogP contribution in [0.2, 0.25) is 0 Å². The number of nitrogens with one attached hydrogen (secondary N) is 2.